The number of nitrogens with zero attached hydrogens (tertiary/aromatic N) is 3. The molecule has 4 heteroatoms. The van der Waals surface area contributed by atoms with Crippen LogP contribution < -0.4 is 0 Å². The molecule has 0 saturated carbocycles. The van der Waals surface area contributed by atoms with E-state index in [0.29, 0.717) is 5.82 Å². The summed E-state index contributed by atoms with van der Waals surface area (Å²) >= 11 is 0. The molecule has 0 aliphatic carbocycles. The standard InChI is InChI=1S/C17H13N2.C14H14N.Ir/c1-13-11-18-17(19-12-13)16-9-5-8-15(10-16)14-6-3-2-4-7-14;1-10-5-4-6-13(7-10)14-8-11(2)12(3)9-15-14;/h2-8,10-12H,1H3;4-5,7-9H,1-3H3;/q2*-1;. The molecule has 2 heterocycles. The first kappa shape index (κ1) is 26.1. The predicted molar refractivity (Wildman–Crippen MR) is 139 cm³/mol. The van der Waals surface area contributed by atoms with E-state index in [-0.39, 0.29) is 20.1 Å². The number of pyridine rings is 1. The van der Waals surface area contributed by atoms with Crippen molar-refractivity contribution in [2.75, 3.05) is 0 Å². The van der Waals surface area contributed by atoms with Crippen LogP contribution in [0.2, 0.25) is 0 Å². The van der Waals surface area contributed by atoms with Gasteiger partial charge in [0.25, 0.3) is 0 Å². The number of aromatic nitrogens is 3. The second-order valence-electron chi connectivity index (χ2n) is 8.37. The van der Waals surface area contributed by atoms with Crippen molar-refractivity contribution in [2.45, 2.75) is 27.7 Å². The maximum Gasteiger partial charge on any atom is 0.0748 e. The molecule has 0 aliphatic heterocycles. The van der Waals surface area contributed by atoms with Crippen LogP contribution in [-0.2, 0) is 20.1 Å². The molecule has 5 rings (SSSR count). The third-order valence-electron chi connectivity index (χ3n) is 5.54. The summed E-state index contributed by atoms with van der Waals surface area (Å²) in [6, 6.07) is 30.9. The molecule has 0 bridgehead atoms. The van der Waals surface area contributed by atoms with E-state index in [0.717, 1.165) is 27.9 Å². The summed E-state index contributed by atoms with van der Waals surface area (Å²) in [4.78, 5) is 13.1. The molecule has 0 amide bonds. The number of hydrogen-bond acceptors (Lipinski definition) is 3. The van der Waals surface area contributed by atoms with Gasteiger partial charge in [-0.15, -0.1) is 70.8 Å². The van der Waals surface area contributed by atoms with Gasteiger partial charge < -0.3 is 4.98 Å². The smallest absolute Gasteiger partial charge is 0.0748 e. The molecule has 3 nitrogen and oxygen atoms in total. The Hall–Kier alpha value is -3.46. The van der Waals surface area contributed by atoms with Crippen LogP contribution in [0.3, 0.4) is 0 Å². The number of aryl methyl sites for hydroxylation is 4. The van der Waals surface area contributed by atoms with Crippen LogP contribution in [0.5, 0.6) is 0 Å². The average molecular weight is 634 g/mol. The molecule has 35 heavy (non-hydrogen) atoms. The Balaban J connectivity index is 0.000000195. The van der Waals surface area contributed by atoms with Gasteiger partial charge in [-0.25, -0.2) is 0 Å². The first-order valence-corrected chi connectivity index (χ1v) is 11.3. The van der Waals surface area contributed by atoms with Crippen molar-refractivity contribution >= 4 is 0 Å². The van der Waals surface area contributed by atoms with Crippen molar-refractivity contribution in [1.82, 2.24) is 15.0 Å². The Morgan fingerprint density at radius 2 is 1.26 bits per heavy atom. The zero-order valence-electron chi connectivity index (χ0n) is 20.3. The van der Waals surface area contributed by atoms with Crippen LogP contribution in [0.25, 0.3) is 33.8 Å². The number of rotatable bonds is 3. The minimum Gasteiger partial charge on any atom is -0.304 e. The first-order chi connectivity index (χ1) is 16.5. The van der Waals surface area contributed by atoms with Crippen LogP contribution >= 0.6 is 0 Å². The second kappa shape index (κ2) is 12.3. The Bertz CT molecular complexity index is 1380. The fraction of sp³-hybridized carbons (Fsp3) is 0.129. The van der Waals surface area contributed by atoms with Gasteiger partial charge in [0.2, 0.25) is 0 Å². The molecule has 5 aromatic rings. The molecule has 3 aromatic carbocycles. The van der Waals surface area contributed by atoms with Gasteiger partial charge in [-0.05, 0) is 43.2 Å². The maximum absolute atomic E-state index is 4.42. The summed E-state index contributed by atoms with van der Waals surface area (Å²) in [5.74, 6) is 0.711. The van der Waals surface area contributed by atoms with Gasteiger partial charge in [-0.2, -0.15) is 0 Å². The Morgan fingerprint density at radius 1 is 0.571 bits per heavy atom. The van der Waals surface area contributed by atoms with Crippen molar-refractivity contribution in [2.24, 2.45) is 0 Å². The van der Waals surface area contributed by atoms with Crippen molar-refractivity contribution in [3.63, 3.8) is 0 Å². The summed E-state index contributed by atoms with van der Waals surface area (Å²) in [6.45, 7) is 8.24. The minimum absolute atomic E-state index is 0. The van der Waals surface area contributed by atoms with Crippen LogP contribution in [0, 0.1) is 39.8 Å². The van der Waals surface area contributed by atoms with Gasteiger partial charge in [-0.3, -0.25) is 9.97 Å². The molecule has 0 fully saturated rings. The third-order valence-corrected chi connectivity index (χ3v) is 5.54. The van der Waals surface area contributed by atoms with Gasteiger partial charge in [0.1, 0.15) is 0 Å². The van der Waals surface area contributed by atoms with E-state index in [9.17, 15) is 0 Å². The summed E-state index contributed by atoms with van der Waals surface area (Å²) in [5.41, 5.74) is 10.1. The molecule has 0 aliphatic rings. The van der Waals surface area contributed by atoms with Gasteiger partial charge in [0.05, 0.1) is 5.82 Å². The summed E-state index contributed by atoms with van der Waals surface area (Å²) in [5, 5.41) is 0. The molecule has 0 N–H and O–H groups in total. The fourth-order valence-electron chi connectivity index (χ4n) is 3.44. The topological polar surface area (TPSA) is 38.7 Å². The molecular formula is C31H27IrN3-2. The summed E-state index contributed by atoms with van der Waals surface area (Å²) < 4.78 is 0. The van der Waals surface area contributed by atoms with Crippen molar-refractivity contribution in [3.8, 4) is 33.8 Å². The van der Waals surface area contributed by atoms with Crippen LogP contribution in [0.15, 0.2) is 91.4 Å². The third kappa shape index (κ3) is 7.02. The zero-order chi connectivity index (χ0) is 23.9. The van der Waals surface area contributed by atoms with E-state index in [1.165, 1.54) is 22.3 Å². The predicted octanol–water partition coefficient (Wildman–Crippen LogP) is 7.39. The summed E-state index contributed by atoms with van der Waals surface area (Å²) in [6.07, 6.45) is 5.57. The fourth-order valence-corrected chi connectivity index (χ4v) is 3.44. The maximum atomic E-state index is 4.42. The van der Waals surface area contributed by atoms with E-state index in [4.69, 9.17) is 0 Å². The quantitative estimate of drug-likeness (QED) is 0.195. The first-order valence-electron chi connectivity index (χ1n) is 11.3. The molecule has 177 valence electrons. The number of benzene rings is 3. The normalized spacial score (nSPS) is 10.1. The Kier molecular flexibility index (Phi) is 9.19. The molecule has 0 unspecified atom stereocenters. The molecule has 0 atom stereocenters. The Morgan fingerprint density at radius 3 is 1.94 bits per heavy atom. The largest absolute Gasteiger partial charge is 0.304 e. The van der Waals surface area contributed by atoms with Crippen molar-refractivity contribution in [1.29, 1.82) is 0 Å². The summed E-state index contributed by atoms with van der Waals surface area (Å²) in [7, 11) is 0. The van der Waals surface area contributed by atoms with E-state index in [1.54, 1.807) is 0 Å². The molecule has 0 spiro atoms. The van der Waals surface area contributed by atoms with E-state index in [2.05, 4.69) is 78.2 Å². The van der Waals surface area contributed by atoms with Crippen LogP contribution in [0.4, 0.5) is 0 Å². The van der Waals surface area contributed by atoms with Gasteiger partial charge >= 0.3 is 0 Å². The van der Waals surface area contributed by atoms with E-state index in [1.807, 2.05) is 68.0 Å². The molecule has 1 radical (unpaired) electrons. The zero-order valence-corrected chi connectivity index (χ0v) is 22.7. The number of hydrogen-bond donors (Lipinski definition) is 0. The van der Waals surface area contributed by atoms with Crippen LogP contribution in [-0.4, -0.2) is 15.0 Å². The van der Waals surface area contributed by atoms with Gasteiger partial charge in [0.15, 0.2) is 0 Å². The molecule has 0 saturated heterocycles. The molecular weight excluding hydrogens is 607 g/mol. The van der Waals surface area contributed by atoms with Crippen LogP contribution in [0.1, 0.15) is 22.3 Å². The van der Waals surface area contributed by atoms with E-state index >= 15 is 0 Å². The Labute approximate surface area is 221 Å². The average Bonchev–Trinajstić information content (AvgIpc) is 2.87. The van der Waals surface area contributed by atoms with Gasteiger partial charge in [0, 0.05) is 38.7 Å². The molecule has 2 aromatic heterocycles. The van der Waals surface area contributed by atoms with E-state index < -0.39 is 0 Å². The SMILES string of the molecule is Cc1cc[c-]c(-c2cc(C)c(C)cn2)c1.Cc1cnc(-c2[c-]ccc(-c3ccccc3)c2)nc1.[Ir]. The van der Waals surface area contributed by atoms with Gasteiger partial charge in [-0.1, -0.05) is 48.9 Å². The minimum atomic E-state index is 0. The van der Waals surface area contributed by atoms with Crippen molar-refractivity contribution in [3.05, 3.63) is 126 Å². The second-order valence-corrected chi connectivity index (χ2v) is 8.37. The monoisotopic (exact) mass is 634 g/mol. The van der Waals surface area contributed by atoms with Crippen molar-refractivity contribution < 1.29 is 20.1 Å².